The molecular formula is C21H14ClFN2O3. The van der Waals surface area contributed by atoms with Crippen molar-refractivity contribution in [3.63, 3.8) is 0 Å². The number of fused-ring (bicyclic) bond motifs is 1. The molecule has 0 aliphatic heterocycles. The second kappa shape index (κ2) is 6.65. The first-order valence-electron chi connectivity index (χ1n) is 8.38. The first-order valence-corrected chi connectivity index (χ1v) is 8.76. The third-order valence-electron chi connectivity index (χ3n) is 4.58. The molecule has 0 bridgehead atoms. The molecule has 0 saturated heterocycles. The second-order valence-electron chi connectivity index (χ2n) is 6.28. The number of furan rings is 1. The Hall–Kier alpha value is -3.38. The molecule has 0 spiro atoms. The van der Waals surface area contributed by atoms with Gasteiger partial charge in [-0.25, -0.2) is 4.39 Å². The lowest BCUT2D eigenvalue weighted by Gasteiger charge is -2.05. The van der Waals surface area contributed by atoms with Crippen LogP contribution in [-0.2, 0) is 0 Å². The van der Waals surface area contributed by atoms with Gasteiger partial charge in [-0.2, -0.15) is 0 Å². The van der Waals surface area contributed by atoms with Crippen molar-refractivity contribution in [2.75, 3.05) is 0 Å². The molecule has 2 aromatic carbocycles. The molecule has 0 fully saturated rings. The van der Waals surface area contributed by atoms with Crippen molar-refractivity contribution in [1.29, 1.82) is 0 Å². The quantitative estimate of drug-likeness (QED) is 0.540. The molecule has 7 heteroatoms. The van der Waals surface area contributed by atoms with Gasteiger partial charge < -0.3 is 10.2 Å². The summed E-state index contributed by atoms with van der Waals surface area (Å²) in [5, 5.41) is 0.554. The highest BCUT2D eigenvalue weighted by molar-refractivity contribution is 6.31. The second-order valence-corrected chi connectivity index (χ2v) is 6.68. The van der Waals surface area contributed by atoms with Crippen LogP contribution >= 0.6 is 11.6 Å². The van der Waals surface area contributed by atoms with Gasteiger partial charge in [-0.1, -0.05) is 29.8 Å². The minimum absolute atomic E-state index is 0.0416. The van der Waals surface area contributed by atoms with Crippen molar-refractivity contribution in [1.82, 2.24) is 4.57 Å². The van der Waals surface area contributed by atoms with Crippen molar-refractivity contribution < 1.29 is 18.4 Å². The highest BCUT2D eigenvalue weighted by Crippen LogP contribution is 2.29. The van der Waals surface area contributed by atoms with Crippen LogP contribution in [0.25, 0.3) is 22.2 Å². The summed E-state index contributed by atoms with van der Waals surface area (Å²) in [5.41, 5.74) is 7.33. The van der Waals surface area contributed by atoms with Gasteiger partial charge in [0.15, 0.2) is 5.76 Å². The van der Waals surface area contributed by atoms with Gasteiger partial charge in [0.1, 0.15) is 11.6 Å². The molecule has 4 rings (SSSR count). The maximum Gasteiger partial charge on any atom is 0.298 e. The number of halogens is 2. The average molecular weight is 397 g/mol. The van der Waals surface area contributed by atoms with E-state index < -0.39 is 17.6 Å². The first-order chi connectivity index (χ1) is 13.4. The number of amides is 1. The van der Waals surface area contributed by atoms with E-state index in [0.29, 0.717) is 33.5 Å². The highest BCUT2D eigenvalue weighted by Gasteiger charge is 2.24. The number of hydrogen-bond donors (Lipinski definition) is 1. The normalized spacial score (nSPS) is 11.1. The molecule has 2 N–H and O–H groups in total. The number of para-hydroxylation sites is 1. The van der Waals surface area contributed by atoms with E-state index in [1.165, 1.54) is 28.8 Å². The largest absolute Gasteiger partial charge is 0.451 e. The molecule has 0 aliphatic carbocycles. The van der Waals surface area contributed by atoms with Gasteiger partial charge >= 0.3 is 0 Å². The van der Waals surface area contributed by atoms with Crippen LogP contribution in [0.4, 0.5) is 4.39 Å². The highest BCUT2D eigenvalue weighted by atomic mass is 35.5. The van der Waals surface area contributed by atoms with E-state index in [-0.39, 0.29) is 10.8 Å². The van der Waals surface area contributed by atoms with Crippen molar-refractivity contribution in [2.45, 2.75) is 6.92 Å². The lowest BCUT2D eigenvalue weighted by molar-refractivity contribution is 0.0936. The van der Waals surface area contributed by atoms with Crippen LogP contribution < -0.4 is 5.73 Å². The summed E-state index contributed by atoms with van der Waals surface area (Å²) in [4.78, 5) is 25.0. The SMILES string of the molecule is Cc1c(C(N)=O)c2ccccc2n1C(=O)c1ccc(-c2ccc(F)c(Cl)c2)o1. The Kier molecular flexibility index (Phi) is 4.28. The number of hydrogen-bond acceptors (Lipinski definition) is 3. The van der Waals surface area contributed by atoms with E-state index in [1.54, 1.807) is 37.3 Å². The minimum atomic E-state index is -0.610. The third kappa shape index (κ3) is 2.78. The van der Waals surface area contributed by atoms with Gasteiger partial charge in [-0.15, -0.1) is 0 Å². The van der Waals surface area contributed by atoms with Gasteiger partial charge in [0, 0.05) is 16.6 Å². The van der Waals surface area contributed by atoms with Crippen LogP contribution in [0.1, 0.15) is 26.6 Å². The Morgan fingerprint density at radius 2 is 1.86 bits per heavy atom. The number of primary amides is 1. The van der Waals surface area contributed by atoms with Crippen LogP contribution in [0.2, 0.25) is 5.02 Å². The van der Waals surface area contributed by atoms with Crippen LogP contribution in [0, 0.1) is 12.7 Å². The lowest BCUT2D eigenvalue weighted by Crippen LogP contribution is -2.16. The molecule has 0 aliphatic rings. The molecule has 1 amide bonds. The van der Waals surface area contributed by atoms with Crippen molar-refractivity contribution in [2.24, 2.45) is 5.73 Å². The van der Waals surface area contributed by atoms with E-state index >= 15 is 0 Å². The summed E-state index contributed by atoms with van der Waals surface area (Å²) in [6.45, 7) is 1.65. The van der Waals surface area contributed by atoms with Gasteiger partial charge in [0.25, 0.3) is 11.8 Å². The van der Waals surface area contributed by atoms with Crippen molar-refractivity contribution in [3.8, 4) is 11.3 Å². The van der Waals surface area contributed by atoms with Gasteiger partial charge in [-0.05, 0) is 43.3 Å². The van der Waals surface area contributed by atoms with Crippen LogP contribution in [-0.4, -0.2) is 16.4 Å². The minimum Gasteiger partial charge on any atom is -0.451 e. The number of rotatable bonds is 3. The fourth-order valence-corrected chi connectivity index (χ4v) is 3.49. The van der Waals surface area contributed by atoms with E-state index in [0.717, 1.165) is 0 Å². The molecule has 0 unspecified atom stereocenters. The standard InChI is InChI=1S/C21H14ClFN2O3/c1-11-19(20(24)26)13-4-2-3-5-16(13)25(11)21(27)18-9-8-17(28-18)12-6-7-15(23)14(22)10-12/h2-10H,1H3,(H2,24,26). The molecule has 2 aromatic heterocycles. The number of carbonyl (C=O) groups excluding carboxylic acids is 2. The Morgan fingerprint density at radius 1 is 1.11 bits per heavy atom. The van der Waals surface area contributed by atoms with Crippen LogP contribution in [0.3, 0.4) is 0 Å². The van der Waals surface area contributed by atoms with Gasteiger partial charge in [0.2, 0.25) is 0 Å². The maximum absolute atomic E-state index is 13.4. The summed E-state index contributed by atoms with van der Waals surface area (Å²) < 4.78 is 20.5. The number of nitrogens with zero attached hydrogens (tertiary/aromatic N) is 1. The zero-order chi connectivity index (χ0) is 20.0. The van der Waals surface area contributed by atoms with Crippen molar-refractivity contribution in [3.05, 3.63) is 82.5 Å². The lowest BCUT2D eigenvalue weighted by atomic mass is 10.1. The molecule has 0 atom stereocenters. The summed E-state index contributed by atoms with van der Waals surface area (Å²) in [6, 6.07) is 14.3. The third-order valence-corrected chi connectivity index (χ3v) is 4.87. The van der Waals surface area contributed by atoms with E-state index in [4.69, 9.17) is 21.8 Å². The Bertz CT molecular complexity index is 1260. The predicted molar refractivity (Wildman–Crippen MR) is 104 cm³/mol. The maximum atomic E-state index is 13.4. The van der Waals surface area contributed by atoms with Crippen LogP contribution in [0.15, 0.2) is 59.0 Å². The fraction of sp³-hybridized carbons (Fsp3) is 0.0476. The zero-order valence-electron chi connectivity index (χ0n) is 14.7. The number of benzene rings is 2. The topological polar surface area (TPSA) is 78.2 Å². The molecule has 140 valence electrons. The molecular weight excluding hydrogens is 383 g/mol. The van der Waals surface area contributed by atoms with Crippen molar-refractivity contribution >= 4 is 34.3 Å². The number of nitrogens with two attached hydrogens (primary N) is 1. The molecule has 28 heavy (non-hydrogen) atoms. The summed E-state index contributed by atoms with van der Waals surface area (Å²) >= 11 is 5.82. The molecule has 5 nitrogen and oxygen atoms in total. The number of aromatic nitrogens is 1. The Labute approximate surface area is 164 Å². The Balaban J connectivity index is 1.81. The van der Waals surface area contributed by atoms with E-state index in [1.807, 2.05) is 0 Å². The molecule has 2 heterocycles. The summed E-state index contributed by atoms with van der Waals surface area (Å²) in [5.74, 6) is -1.16. The predicted octanol–water partition coefficient (Wildman–Crippen LogP) is 4.79. The molecule has 0 radical (unpaired) electrons. The summed E-state index contributed by atoms with van der Waals surface area (Å²) in [6.07, 6.45) is 0. The van der Waals surface area contributed by atoms with Gasteiger partial charge in [-0.3, -0.25) is 14.2 Å². The average Bonchev–Trinajstić information content (AvgIpc) is 3.26. The number of carbonyl (C=O) groups is 2. The smallest absolute Gasteiger partial charge is 0.298 e. The molecule has 4 aromatic rings. The van der Waals surface area contributed by atoms with E-state index in [2.05, 4.69) is 0 Å². The summed E-state index contributed by atoms with van der Waals surface area (Å²) in [7, 11) is 0. The molecule has 0 saturated carbocycles. The Morgan fingerprint density at radius 3 is 2.57 bits per heavy atom. The zero-order valence-corrected chi connectivity index (χ0v) is 15.5. The monoisotopic (exact) mass is 396 g/mol. The van der Waals surface area contributed by atoms with Gasteiger partial charge in [0.05, 0.1) is 16.1 Å². The van der Waals surface area contributed by atoms with Crippen LogP contribution in [0.5, 0.6) is 0 Å². The fourth-order valence-electron chi connectivity index (χ4n) is 3.31. The first kappa shape index (κ1) is 18.0. The van der Waals surface area contributed by atoms with E-state index in [9.17, 15) is 14.0 Å².